The van der Waals surface area contributed by atoms with Gasteiger partial charge < -0.3 is 5.32 Å². The minimum absolute atomic E-state index is 0.0847. The van der Waals surface area contributed by atoms with Crippen LogP contribution in [0.4, 0.5) is 17.6 Å². The van der Waals surface area contributed by atoms with Crippen LogP contribution in [0.5, 0.6) is 0 Å². The number of nitrogens with one attached hydrogen (secondary N) is 1. The monoisotopic (exact) mass is 341 g/mol. The molecular formula is C18H19F4NO. The molecule has 0 radical (unpaired) electrons. The normalized spacial score (nSPS) is 10.6. The summed E-state index contributed by atoms with van der Waals surface area (Å²) in [6, 6.07) is 11.0. The molecule has 0 heterocycles. The minimum atomic E-state index is -4.55. The third-order valence-electron chi connectivity index (χ3n) is 3.06. The maximum absolute atomic E-state index is 13.5. The summed E-state index contributed by atoms with van der Waals surface area (Å²) in [7, 11) is 0. The van der Waals surface area contributed by atoms with Gasteiger partial charge in [-0.15, -0.1) is 0 Å². The Morgan fingerprint density at radius 2 is 1.67 bits per heavy atom. The number of carbonyl (C=O) groups excluding carboxylic acids is 1. The Morgan fingerprint density at radius 1 is 1.04 bits per heavy atom. The Hall–Kier alpha value is -2.37. The van der Waals surface area contributed by atoms with Crippen molar-refractivity contribution in [1.29, 1.82) is 0 Å². The van der Waals surface area contributed by atoms with Crippen molar-refractivity contribution in [2.24, 2.45) is 0 Å². The fourth-order valence-corrected chi connectivity index (χ4v) is 1.92. The van der Waals surface area contributed by atoms with Crippen molar-refractivity contribution in [3.8, 4) is 0 Å². The van der Waals surface area contributed by atoms with Gasteiger partial charge in [0.2, 0.25) is 5.91 Å². The number of amides is 1. The number of carbonyl (C=O) groups is 1. The second-order valence-corrected chi connectivity index (χ2v) is 4.74. The van der Waals surface area contributed by atoms with Crippen molar-refractivity contribution >= 4 is 5.91 Å². The van der Waals surface area contributed by atoms with Crippen molar-refractivity contribution < 1.29 is 22.4 Å². The summed E-state index contributed by atoms with van der Waals surface area (Å²) < 4.78 is 51.2. The first-order chi connectivity index (χ1) is 11.4. The molecule has 0 saturated carbocycles. The molecule has 2 rings (SSSR count). The quantitative estimate of drug-likeness (QED) is 0.801. The highest BCUT2D eigenvalue weighted by molar-refractivity contribution is 5.78. The van der Waals surface area contributed by atoms with Gasteiger partial charge >= 0.3 is 6.18 Å². The first kappa shape index (κ1) is 19.7. The predicted molar refractivity (Wildman–Crippen MR) is 84.7 cm³/mol. The van der Waals surface area contributed by atoms with Gasteiger partial charge in [0, 0.05) is 12.1 Å². The van der Waals surface area contributed by atoms with Gasteiger partial charge in [-0.05, 0) is 23.8 Å². The van der Waals surface area contributed by atoms with Crippen LogP contribution < -0.4 is 5.32 Å². The highest BCUT2D eigenvalue weighted by Crippen LogP contribution is 2.30. The van der Waals surface area contributed by atoms with Crippen LogP contribution in [0.15, 0.2) is 48.5 Å². The van der Waals surface area contributed by atoms with Crippen LogP contribution in [0.2, 0.25) is 0 Å². The van der Waals surface area contributed by atoms with Crippen molar-refractivity contribution in [1.82, 2.24) is 5.32 Å². The fourth-order valence-electron chi connectivity index (χ4n) is 1.92. The Morgan fingerprint density at radius 3 is 2.25 bits per heavy atom. The van der Waals surface area contributed by atoms with Gasteiger partial charge in [-0.1, -0.05) is 44.2 Å². The molecule has 0 fully saturated rings. The molecule has 2 aromatic carbocycles. The summed E-state index contributed by atoms with van der Waals surface area (Å²) in [6.07, 6.45) is -4.46. The first-order valence-corrected chi connectivity index (χ1v) is 7.52. The summed E-state index contributed by atoms with van der Waals surface area (Å²) in [5.74, 6) is -1.17. The lowest BCUT2D eigenvalue weighted by atomic mass is 10.1. The molecule has 130 valence electrons. The van der Waals surface area contributed by atoms with Crippen molar-refractivity contribution in [2.45, 2.75) is 33.0 Å². The van der Waals surface area contributed by atoms with E-state index in [-0.39, 0.29) is 24.4 Å². The van der Waals surface area contributed by atoms with Gasteiger partial charge in [0.1, 0.15) is 5.82 Å². The average Bonchev–Trinajstić information content (AvgIpc) is 2.56. The number of rotatable bonds is 4. The zero-order valence-electron chi connectivity index (χ0n) is 13.5. The van der Waals surface area contributed by atoms with E-state index < -0.39 is 17.6 Å². The van der Waals surface area contributed by atoms with Crippen molar-refractivity contribution in [3.05, 3.63) is 71.0 Å². The molecule has 0 aliphatic rings. The van der Waals surface area contributed by atoms with E-state index in [1.54, 1.807) is 30.3 Å². The van der Waals surface area contributed by atoms with Crippen LogP contribution in [0.25, 0.3) is 0 Å². The van der Waals surface area contributed by atoms with Crippen LogP contribution in [0, 0.1) is 5.82 Å². The van der Waals surface area contributed by atoms with Crippen LogP contribution in [-0.4, -0.2) is 5.91 Å². The van der Waals surface area contributed by atoms with E-state index in [1.807, 2.05) is 13.8 Å². The lowest BCUT2D eigenvalue weighted by molar-refractivity contribution is -0.137. The molecular weight excluding hydrogens is 322 g/mol. The summed E-state index contributed by atoms with van der Waals surface area (Å²) in [5.41, 5.74) is -0.373. The molecule has 24 heavy (non-hydrogen) atoms. The van der Waals surface area contributed by atoms with Gasteiger partial charge in [-0.3, -0.25) is 4.79 Å². The lowest BCUT2D eigenvalue weighted by Crippen LogP contribution is -2.25. The molecule has 6 heteroatoms. The number of alkyl halides is 3. The molecule has 2 aromatic rings. The fraction of sp³-hybridized carbons (Fsp3) is 0.278. The van der Waals surface area contributed by atoms with Crippen LogP contribution in [0.3, 0.4) is 0 Å². The van der Waals surface area contributed by atoms with Gasteiger partial charge in [0.15, 0.2) is 0 Å². The van der Waals surface area contributed by atoms with E-state index in [4.69, 9.17) is 0 Å². The van der Waals surface area contributed by atoms with Gasteiger partial charge in [0.05, 0.1) is 12.0 Å². The van der Waals surface area contributed by atoms with E-state index in [0.717, 1.165) is 11.6 Å². The first-order valence-electron chi connectivity index (χ1n) is 7.52. The smallest absolute Gasteiger partial charge is 0.352 e. The maximum Gasteiger partial charge on any atom is 0.416 e. The van der Waals surface area contributed by atoms with Crippen LogP contribution >= 0.6 is 0 Å². The number of benzene rings is 2. The van der Waals surface area contributed by atoms with Crippen molar-refractivity contribution in [2.75, 3.05) is 0 Å². The number of hydrogen-bond donors (Lipinski definition) is 1. The lowest BCUT2D eigenvalue weighted by Gasteiger charge is -2.11. The minimum Gasteiger partial charge on any atom is -0.352 e. The summed E-state index contributed by atoms with van der Waals surface area (Å²) in [6.45, 7) is 3.71. The number of hydrogen-bond acceptors (Lipinski definition) is 1. The average molecular weight is 341 g/mol. The molecule has 1 amide bonds. The predicted octanol–water partition coefficient (Wildman–Crippen LogP) is 4.73. The summed E-state index contributed by atoms with van der Waals surface area (Å²) in [4.78, 5) is 11.7. The van der Waals surface area contributed by atoms with Gasteiger partial charge in [-0.25, -0.2) is 4.39 Å². The zero-order chi connectivity index (χ0) is 18.2. The molecule has 1 N–H and O–H groups in total. The Bertz CT molecular complexity index is 654. The van der Waals surface area contributed by atoms with E-state index in [0.29, 0.717) is 12.1 Å². The molecule has 0 bridgehead atoms. The third kappa shape index (κ3) is 6.02. The van der Waals surface area contributed by atoms with E-state index in [1.165, 1.54) is 0 Å². The second kappa shape index (κ2) is 9.05. The molecule has 0 aliphatic carbocycles. The molecule has 0 saturated heterocycles. The highest BCUT2D eigenvalue weighted by Gasteiger charge is 2.31. The Balaban J connectivity index is 0.00000139. The zero-order valence-corrected chi connectivity index (χ0v) is 13.5. The third-order valence-corrected chi connectivity index (χ3v) is 3.06. The topological polar surface area (TPSA) is 29.1 Å². The second-order valence-electron chi connectivity index (χ2n) is 4.74. The van der Waals surface area contributed by atoms with Crippen molar-refractivity contribution in [3.63, 3.8) is 0 Å². The molecule has 2 nitrogen and oxygen atoms in total. The molecule has 0 aromatic heterocycles. The maximum atomic E-state index is 13.5. The Kier molecular flexibility index (Phi) is 7.42. The van der Waals surface area contributed by atoms with E-state index in [2.05, 4.69) is 5.32 Å². The highest BCUT2D eigenvalue weighted by atomic mass is 19.4. The van der Waals surface area contributed by atoms with Crippen LogP contribution in [-0.2, 0) is 23.9 Å². The molecule has 0 atom stereocenters. The molecule has 0 aliphatic heterocycles. The van der Waals surface area contributed by atoms with E-state index in [9.17, 15) is 22.4 Å². The van der Waals surface area contributed by atoms with Crippen LogP contribution in [0.1, 0.15) is 30.5 Å². The summed E-state index contributed by atoms with van der Waals surface area (Å²) in [5, 5.41) is 2.42. The van der Waals surface area contributed by atoms with Gasteiger partial charge in [0.25, 0.3) is 0 Å². The van der Waals surface area contributed by atoms with Gasteiger partial charge in [-0.2, -0.15) is 13.2 Å². The molecule has 0 spiro atoms. The largest absolute Gasteiger partial charge is 0.416 e. The molecule has 0 unspecified atom stereocenters. The van der Waals surface area contributed by atoms with E-state index >= 15 is 0 Å². The summed E-state index contributed by atoms with van der Waals surface area (Å²) >= 11 is 0. The number of halogens is 4. The Labute approximate surface area is 138 Å². The SMILES string of the molecule is CC.O=C(Cc1ccccc1)NCc1cc(C(F)(F)F)ccc1F. The standard InChI is InChI=1S/C16H13F4NO.C2H6/c17-14-7-6-13(16(18,19)20)9-12(14)10-21-15(22)8-11-4-2-1-3-5-11;1-2/h1-7,9H,8,10H2,(H,21,22);1-2H3.